The van der Waals surface area contributed by atoms with Crippen molar-refractivity contribution >= 4 is 10.0 Å². The lowest BCUT2D eigenvalue weighted by molar-refractivity contribution is 0.507. The van der Waals surface area contributed by atoms with E-state index in [4.69, 9.17) is 4.42 Å². The van der Waals surface area contributed by atoms with E-state index in [0.717, 1.165) is 24.0 Å². The Hall–Kier alpha value is -2.45. The molecular weight excluding hydrogens is 364 g/mol. The number of nitrogens with zero attached hydrogens (tertiary/aromatic N) is 2. The topological polar surface area (TPSA) is 101 Å². The van der Waals surface area contributed by atoms with Crippen LogP contribution in [0.15, 0.2) is 33.6 Å². The summed E-state index contributed by atoms with van der Waals surface area (Å²) < 4.78 is 34.2. The summed E-state index contributed by atoms with van der Waals surface area (Å²) in [5.74, 6) is 1.30. The molecule has 142 valence electrons. The zero-order chi connectivity index (χ0) is 19.2. The van der Waals surface area contributed by atoms with Gasteiger partial charge in [-0.05, 0) is 44.7 Å². The zero-order valence-corrected chi connectivity index (χ0v) is 16.4. The Balaban J connectivity index is 1.61. The Morgan fingerprint density at radius 3 is 2.70 bits per heavy atom. The predicted molar refractivity (Wildman–Crippen MR) is 101 cm³/mol. The predicted octanol–water partition coefficient (Wildman–Crippen LogP) is 3.35. The SMILES string of the molecule is Cc1cccc(CNS(=O)(=O)c2c(C)[nH]c(-c3nnc(C4CC4)o3)c2C)c1. The van der Waals surface area contributed by atoms with E-state index >= 15 is 0 Å². The van der Waals surface area contributed by atoms with Gasteiger partial charge in [0, 0.05) is 18.2 Å². The van der Waals surface area contributed by atoms with Crippen LogP contribution in [-0.2, 0) is 16.6 Å². The van der Waals surface area contributed by atoms with E-state index in [0.29, 0.717) is 34.7 Å². The maximum absolute atomic E-state index is 12.9. The van der Waals surface area contributed by atoms with Crippen molar-refractivity contribution in [2.45, 2.75) is 51.0 Å². The fourth-order valence-corrected chi connectivity index (χ4v) is 4.71. The normalized spacial score (nSPS) is 14.6. The van der Waals surface area contributed by atoms with Crippen molar-refractivity contribution in [2.75, 3.05) is 0 Å². The third kappa shape index (κ3) is 3.54. The Morgan fingerprint density at radius 1 is 1.22 bits per heavy atom. The number of aromatic nitrogens is 3. The van der Waals surface area contributed by atoms with E-state index in [2.05, 4.69) is 19.9 Å². The van der Waals surface area contributed by atoms with Crippen molar-refractivity contribution in [1.29, 1.82) is 0 Å². The molecule has 2 heterocycles. The molecule has 2 aromatic heterocycles. The van der Waals surface area contributed by atoms with Crippen molar-refractivity contribution in [3.63, 3.8) is 0 Å². The van der Waals surface area contributed by atoms with Gasteiger partial charge in [-0.15, -0.1) is 10.2 Å². The number of nitrogens with one attached hydrogen (secondary N) is 2. The highest BCUT2D eigenvalue weighted by Gasteiger charge is 2.31. The lowest BCUT2D eigenvalue weighted by Crippen LogP contribution is -2.24. The minimum atomic E-state index is -3.69. The second kappa shape index (κ2) is 6.61. The summed E-state index contributed by atoms with van der Waals surface area (Å²) in [6, 6.07) is 7.75. The van der Waals surface area contributed by atoms with E-state index in [1.165, 1.54) is 0 Å². The molecule has 2 N–H and O–H groups in total. The van der Waals surface area contributed by atoms with Gasteiger partial charge in [0.05, 0.1) is 0 Å². The zero-order valence-electron chi connectivity index (χ0n) is 15.5. The van der Waals surface area contributed by atoms with E-state index in [-0.39, 0.29) is 11.4 Å². The van der Waals surface area contributed by atoms with Crippen molar-refractivity contribution in [2.24, 2.45) is 0 Å². The number of rotatable bonds is 6. The van der Waals surface area contributed by atoms with E-state index < -0.39 is 10.0 Å². The standard InChI is InChI=1S/C19H22N4O3S/c1-11-5-4-6-14(9-11)10-20-27(24,25)17-12(2)16(21-13(17)3)19-23-22-18(26-19)15-7-8-15/h4-6,9,15,20-21H,7-8,10H2,1-3H3. The van der Waals surface area contributed by atoms with Gasteiger partial charge in [0.15, 0.2) is 0 Å². The lowest BCUT2D eigenvalue weighted by Gasteiger charge is -2.08. The number of H-pyrrole nitrogens is 1. The number of benzene rings is 1. The van der Waals surface area contributed by atoms with Crippen LogP contribution in [0.25, 0.3) is 11.6 Å². The Morgan fingerprint density at radius 2 is 2.00 bits per heavy atom. The molecule has 4 rings (SSSR count). The number of aryl methyl sites for hydroxylation is 2. The van der Waals surface area contributed by atoms with Crippen LogP contribution in [-0.4, -0.2) is 23.6 Å². The number of hydrogen-bond acceptors (Lipinski definition) is 5. The molecule has 0 radical (unpaired) electrons. The van der Waals surface area contributed by atoms with Gasteiger partial charge in [-0.1, -0.05) is 29.8 Å². The molecule has 0 saturated heterocycles. The van der Waals surface area contributed by atoms with Crippen LogP contribution in [0, 0.1) is 20.8 Å². The first-order valence-corrected chi connectivity index (χ1v) is 10.4. The molecule has 0 unspecified atom stereocenters. The van der Waals surface area contributed by atoms with Crippen LogP contribution in [0.2, 0.25) is 0 Å². The molecule has 0 spiro atoms. The van der Waals surface area contributed by atoms with Crippen molar-refractivity contribution < 1.29 is 12.8 Å². The highest BCUT2D eigenvalue weighted by molar-refractivity contribution is 7.89. The lowest BCUT2D eigenvalue weighted by atomic mass is 10.1. The van der Waals surface area contributed by atoms with Gasteiger partial charge in [0.25, 0.3) is 5.89 Å². The summed E-state index contributed by atoms with van der Waals surface area (Å²) in [4.78, 5) is 3.33. The first-order chi connectivity index (χ1) is 12.8. The van der Waals surface area contributed by atoms with Gasteiger partial charge in [-0.25, -0.2) is 13.1 Å². The molecule has 1 saturated carbocycles. The van der Waals surface area contributed by atoms with Gasteiger partial charge in [0.2, 0.25) is 15.9 Å². The molecule has 0 atom stereocenters. The minimum Gasteiger partial charge on any atom is -0.419 e. The molecule has 0 aliphatic heterocycles. The second-order valence-corrected chi connectivity index (χ2v) is 8.82. The van der Waals surface area contributed by atoms with Gasteiger partial charge < -0.3 is 9.40 Å². The van der Waals surface area contributed by atoms with Crippen LogP contribution in [0.1, 0.15) is 47.0 Å². The fraction of sp³-hybridized carbons (Fsp3) is 0.368. The molecule has 1 fully saturated rings. The van der Waals surface area contributed by atoms with E-state index in [9.17, 15) is 8.42 Å². The Kier molecular flexibility index (Phi) is 4.39. The molecular formula is C19H22N4O3S. The quantitative estimate of drug-likeness (QED) is 0.677. The molecule has 1 aliphatic carbocycles. The largest absolute Gasteiger partial charge is 0.419 e. The molecule has 7 nitrogen and oxygen atoms in total. The number of hydrogen-bond donors (Lipinski definition) is 2. The monoisotopic (exact) mass is 386 g/mol. The van der Waals surface area contributed by atoms with Crippen molar-refractivity contribution in [3.05, 3.63) is 52.5 Å². The summed E-state index contributed by atoms with van der Waals surface area (Å²) in [6.45, 7) is 5.69. The first kappa shape index (κ1) is 17.9. The Labute approximate surface area is 158 Å². The average Bonchev–Trinajstić information content (AvgIpc) is 3.26. The summed E-state index contributed by atoms with van der Waals surface area (Å²) in [6.07, 6.45) is 2.12. The Bertz CT molecular complexity index is 1090. The van der Waals surface area contributed by atoms with Crippen LogP contribution in [0.5, 0.6) is 0 Å². The maximum atomic E-state index is 12.9. The summed E-state index contributed by atoms with van der Waals surface area (Å²) in [5, 5.41) is 8.16. The van der Waals surface area contributed by atoms with Gasteiger partial charge in [-0.2, -0.15) is 0 Å². The third-order valence-electron chi connectivity index (χ3n) is 4.77. The van der Waals surface area contributed by atoms with Crippen molar-refractivity contribution in [1.82, 2.24) is 19.9 Å². The molecule has 1 aliphatic rings. The molecule has 0 amide bonds. The van der Waals surface area contributed by atoms with Crippen LogP contribution in [0.4, 0.5) is 0 Å². The first-order valence-electron chi connectivity index (χ1n) is 8.93. The van der Waals surface area contributed by atoms with Gasteiger partial charge in [-0.3, -0.25) is 0 Å². The van der Waals surface area contributed by atoms with Crippen LogP contribution >= 0.6 is 0 Å². The minimum absolute atomic E-state index is 0.232. The average molecular weight is 386 g/mol. The molecule has 1 aromatic carbocycles. The van der Waals surface area contributed by atoms with E-state index in [1.54, 1.807) is 13.8 Å². The highest BCUT2D eigenvalue weighted by Crippen LogP contribution is 2.40. The number of sulfonamides is 1. The highest BCUT2D eigenvalue weighted by atomic mass is 32.2. The van der Waals surface area contributed by atoms with Crippen LogP contribution in [0.3, 0.4) is 0 Å². The third-order valence-corrected chi connectivity index (χ3v) is 6.44. The maximum Gasteiger partial charge on any atom is 0.264 e. The molecule has 8 heteroatoms. The second-order valence-electron chi connectivity index (χ2n) is 7.11. The van der Waals surface area contributed by atoms with E-state index in [1.807, 2.05) is 31.2 Å². The molecule has 0 bridgehead atoms. The summed E-state index contributed by atoms with van der Waals surface area (Å²) in [7, 11) is -3.69. The van der Waals surface area contributed by atoms with Gasteiger partial charge >= 0.3 is 0 Å². The summed E-state index contributed by atoms with van der Waals surface area (Å²) in [5.41, 5.74) is 3.69. The summed E-state index contributed by atoms with van der Waals surface area (Å²) >= 11 is 0. The molecule has 3 aromatic rings. The fourth-order valence-electron chi connectivity index (χ4n) is 3.25. The smallest absolute Gasteiger partial charge is 0.264 e. The van der Waals surface area contributed by atoms with Crippen molar-refractivity contribution in [3.8, 4) is 11.6 Å². The van der Waals surface area contributed by atoms with Gasteiger partial charge in [0.1, 0.15) is 10.6 Å². The van der Waals surface area contributed by atoms with Crippen LogP contribution < -0.4 is 4.72 Å². The number of aromatic amines is 1. The molecule has 27 heavy (non-hydrogen) atoms.